The molecule has 1 aliphatic heterocycles. The average molecular weight is 300 g/mol. The number of nitrogens with one attached hydrogen (secondary N) is 1. The van der Waals surface area contributed by atoms with Gasteiger partial charge in [0.15, 0.2) is 0 Å². The molecule has 21 heavy (non-hydrogen) atoms. The van der Waals surface area contributed by atoms with Crippen LogP contribution in [-0.2, 0) is 0 Å². The van der Waals surface area contributed by atoms with E-state index in [9.17, 15) is 0 Å². The van der Waals surface area contributed by atoms with E-state index in [0.717, 1.165) is 12.1 Å². The Hall–Kier alpha value is -1.06. The van der Waals surface area contributed by atoms with Gasteiger partial charge in [-0.25, -0.2) is 0 Å². The zero-order chi connectivity index (χ0) is 14.7. The second-order valence-electron chi connectivity index (χ2n) is 6.11. The Labute approximate surface area is 131 Å². The maximum absolute atomic E-state index is 4.52. The smallest absolute Gasteiger partial charge is 0.0705 e. The van der Waals surface area contributed by atoms with Crippen molar-refractivity contribution in [2.45, 2.75) is 43.9 Å². The molecule has 1 aromatic heterocycles. The summed E-state index contributed by atoms with van der Waals surface area (Å²) in [5.41, 5.74) is 2.48. The van der Waals surface area contributed by atoms with E-state index >= 15 is 0 Å². The van der Waals surface area contributed by atoms with Gasteiger partial charge in [0, 0.05) is 22.4 Å². The van der Waals surface area contributed by atoms with Crippen molar-refractivity contribution in [2.24, 2.45) is 0 Å². The number of rotatable bonds is 5. The molecule has 1 fully saturated rings. The van der Waals surface area contributed by atoms with Crippen LogP contribution in [0.4, 0.5) is 0 Å². The second-order valence-corrected chi connectivity index (χ2v) is 7.74. The lowest BCUT2D eigenvalue weighted by molar-refractivity contribution is 0.413. The lowest BCUT2D eigenvalue weighted by Crippen LogP contribution is -2.38. The Balaban J connectivity index is 1.96. The monoisotopic (exact) mass is 300 g/mol. The van der Waals surface area contributed by atoms with Crippen molar-refractivity contribution in [2.75, 3.05) is 12.3 Å². The topological polar surface area (TPSA) is 24.9 Å². The zero-order valence-corrected chi connectivity index (χ0v) is 13.7. The van der Waals surface area contributed by atoms with E-state index in [4.69, 9.17) is 0 Å². The van der Waals surface area contributed by atoms with Crippen LogP contribution >= 0.6 is 11.8 Å². The molecule has 1 saturated heterocycles. The minimum atomic E-state index is 0.303. The quantitative estimate of drug-likeness (QED) is 0.876. The summed E-state index contributed by atoms with van der Waals surface area (Å²) in [7, 11) is 0. The van der Waals surface area contributed by atoms with Crippen molar-refractivity contribution in [3.8, 4) is 0 Å². The number of hydrogen-bond acceptors (Lipinski definition) is 3. The first kappa shape index (κ1) is 14.9. The molecule has 0 spiro atoms. The highest BCUT2D eigenvalue weighted by atomic mass is 32.2. The molecule has 2 nitrogen and oxygen atoms in total. The number of fused-ring (bicyclic) bond motifs is 1. The number of thioether (sulfide) groups is 1. The third-order valence-corrected chi connectivity index (χ3v) is 6.01. The molecular weight excluding hydrogens is 276 g/mol. The van der Waals surface area contributed by atoms with Gasteiger partial charge >= 0.3 is 0 Å². The summed E-state index contributed by atoms with van der Waals surface area (Å²) in [6.45, 7) is 5.72. The first-order chi connectivity index (χ1) is 10.2. The van der Waals surface area contributed by atoms with Crippen molar-refractivity contribution in [3.05, 3.63) is 42.1 Å². The lowest BCUT2D eigenvalue weighted by Gasteiger charge is -2.34. The van der Waals surface area contributed by atoms with Crippen molar-refractivity contribution in [1.82, 2.24) is 10.3 Å². The standard InChI is InChI=1S/C18H24N2S/c1-3-10-20-17(18(2)9-5-12-21-18)15-8-7-14-6-4-11-19-16(14)13-15/h4,6-8,11,13,17,20H,3,5,9-10,12H2,1-2H3. The van der Waals surface area contributed by atoms with Crippen LogP contribution in [0, 0.1) is 0 Å². The first-order valence-electron chi connectivity index (χ1n) is 7.95. The summed E-state index contributed by atoms with van der Waals surface area (Å²) in [5, 5.41) is 5.01. The van der Waals surface area contributed by atoms with Gasteiger partial charge in [0.2, 0.25) is 0 Å². The molecule has 1 aromatic carbocycles. The summed E-state index contributed by atoms with van der Waals surface area (Å²) in [6, 6.07) is 11.3. The van der Waals surface area contributed by atoms with Gasteiger partial charge in [-0.15, -0.1) is 0 Å². The van der Waals surface area contributed by atoms with Gasteiger partial charge in [0.05, 0.1) is 5.52 Å². The molecule has 1 aliphatic rings. The highest BCUT2D eigenvalue weighted by Crippen LogP contribution is 2.46. The SMILES string of the molecule is CCCNC(c1ccc2cccnc2c1)C1(C)CCCS1. The fourth-order valence-electron chi connectivity index (χ4n) is 3.27. The summed E-state index contributed by atoms with van der Waals surface area (Å²) in [5.74, 6) is 1.28. The lowest BCUT2D eigenvalue weighted by atomic mass is 9.89. The Morgan fingerprint density at radius 3 is 3.05 bits per heavy atom. The minimum absolute atomic E-state index is 0.303. The van der Waals surface area contributed by atoms with Gasteiger partial charge in [-0.05, 0) is 56.2 Å². The number of nitrogens with zero attached hydrogens (tertiary/aromatic N) is 1. The molecular formula is C18H24N2S. The summed E-state index contributed by atoms with van der Waals surface area (Å²) in [6.07, 6.45) is 5.67. The van der Waals surface area contributed by atoms with E-state index < -0.39 is 0 Å². The molecule has 2 heterocycles. The number of pyridine rings is 1. The van der Waals surface area contributed by atoms with Crippen LogP contribution in [-0.4, -0.2) is 22.0 Å². The van der Waals surface area contributed by atoms with E-state index in [0.29, 0.717) is 10.8 Å². The molecule has 112 valence electrons. The molecule has 2 aromatic rings. The molecule has 0 amide bonds. The number of aromatic nitrogens is 1. The molecule has 3 heteroatoms. The molecule has 2 atom stereocenters. The van der Waals surface area contributed by atoms with E-state index in [1.165, 1.54) is 36.0 Å². The van der Waals surface area contributed by atoms with Crippen LogP contribution in [0.5, 0.6) is 0 Å². The van der Waals surface area contributed by atoms with Crippen LogP contribution in [0.3, 0.4) is 0 Å². The highest BCUT2D eigenvalue weighted by molar-refractivity contribution is 8.00. The van der Waals surface area contributed by atoms with Crippen LogP contribution in [0.25, 0.3) is 10.9 Å². The van der Waals surface area contributed by atoms with Gasteiger partial charge in [0.25, 0.3) is 0 Å². The predicted octanol–water partition coefficient (Wildman–Crippen LogP) is 4.56. The van der Waals surface area contributed by atoms with E-state index in [-0.39, 0.29) is 0 Å². The Bertz CT molecular complexity index is 605. The molecule has 0 bridgehead atoms. The maximum atomic E-state index is 4.52. The molecule has 3 rings (SSSR count). The van der Waals surface area contributed by atoms with Crippen molar-refractivity contribution >= 4 is 22.7 Å². The fraction of sp³-hybridized carbons (Fsp3) is 0.500. The van der Waals surface area contributed by atoms with Gasteiger partial charge in [-0.1, -0.05) is 25.1 Å². The van der Waals surface area contributed by atoms with E-state index in [2.05, 4.69) is 60.2 Å². The van der Waals surface area contributed by atoms with Gasteiger partial charge in [-0.2, -0.15) is 11.8 Å². The van der Waals surface area contributed by atoms with Gasteiger partial charge in [-0.3, -0.25) is 4.98 Å². The third-order valence-electron chi connectivity index (χ3n) is 4.42. The molecule has 0 aliphatic carbocycles. The Kier molecular flexibility index (Phi) is 4.51. The highest BCUT2D eigenvalue weighted by Gasteiger charge is 2.38. The first-order valence-corrected chi connectivity index (χ1v) is 8.93. The van der Waals surface area contributed by atoms with Gasteiger partial charge in [0.1, 0.15) is 0 Å². The van der Waals surface area contributed by atoms with Crippen molar-refractivity contribution < 1.29 is 0 Å². The Morgan fingerprint density at radius 2 is 2.29 bits per heavy atom. The molecule has 1 N–H and O–H groups in total. The van der Waals surface area contributed by atoms with Crippen LogP contribution < -0.4 is 5.32 Å². The maximum Gasteiger partial charge on any atom is 0.0705 e. The van der Waals surface area contributed by atoms with Crippen molar-refractivity contribution in [1.29, 1.82) is 0 Å². The zero-order valence-electron chi connectivity index (χ0n) is 12.9. The van der Waals surface area contributed by atoms with Gasteiger partial charge < -0.3 is 5.32 Å². The van der Waals surface area contributed by atoms with Crippen molar-refractivity contribution in [3.63, 3.8) is 0 Å². The van der Waals surface area contributed by atoms with Crippen LogP contribution in [0.2, 0.25) is 0 Å². The Morgan fingerprint density at radius 1 is 1.38 bits per heavy atom. The largest absolute Gasteiger partial charge is 0.309 e. The average Bonchev–Trinajstić information content (AvgIpc) is 2.95. The summed E-state index contributed by atoms with van der Waals surface area (Å²) >= 11 is 2.12. The van der Waals surface area contributed by atoms with Crippen LogP contribution in [0.1, 0.15) is 44.7 Å². The molecule has 0 radical (unpaired) electrons. The summed E-state index contributed by atoms with van der Waals surface area (Å²) in [4.78, 5) is 4.52. The molecule has 2 unspecified atom stereocenters. The molecule has 0 saturated carbocycles. The van der Waals surface area contributed by atoms with Crippen LogP contribution in [0.15, 0.2) is 36.5 Å². The second kappa shape index (κ2) is 6.37. The number of hydrogen-bond donors (Lipinski definition) is 1. The minimum Gasteiger partial charge on any atom is -0.309 e. The normalized spacial score (nSPS) is 23.5. The number of benzene rings is 1. The predicted molar refractivity (Wildman–Crippen MR) is 92.9 cm³/mol. The summed E-state index contributed by atoms with van der Waals surface area (Å²) < 4.78 is 0.303. The fourth-order valence-corrected chi connectivity index (χ4v) is 4.70. The van der Waals surface area contributed by atoms with E-state index in [1.807, 2.05) is 12.3 Å². The third kappa shape index (κ3) is 3.09. The van der Waals surface area contributed by atoms with E-state index in [1.54, 1.807) is 0 Å².